The van der Waals surface area contributed by atoms with Crippen LogP contribution in [0.1, 0.15) is 22.3 Å². The van der Waals surface area contributed by atoms with Crippen LogP contribution in [0.25, 0.3) is 0 Å². The Bertz CT molecular complexity index is 685. The van der Waals surface area contributed by atoms with Crippen LogP contribution in [0.2, 0.25) is 5.02 Å². The molecule has 0 saturated carbocycles. The molecule has 2 rings (SSSR count). The summed E-state index contributed by atoms with van der Waals surface area (Å²) in [6.45, 7) is 5.96. The number of likely N-dealkylation sites (N-methyl/N-ethyl adjacent to an activating group) is 1. The number of carbonyl (C=O) groups excluding carboxylic acids is 1. The third-order valence-corrected chi connectivity index (χ3v) is 4.26. The highest BCUT2D eigenvalue weighted by Gasteiger charge is 2.12. The van der Waals surface area contributed by atoms with Gasteiger partial charge in [0.2, 0.25) is 0 Å². The van der Waals surface area contributed by atoms with E-state index in [1.165, 1.54) is 16.7 Å². The third-order valence-electron chi connectivity index (χ3n) is 3.89. The minimum Gasteiger partial charge on any atom is -0.347 e. The van der Waals surface area contributed by atoms with Gasteiger partial charge in [-0.3, -0.25) is 4.79 Å². The minimum atomic E-state index is 0.0344. The highest BCUT2D eigenvalue weighted by atomic mass is 35.5. The van der Waals surface area contributed by atoms with E-state index in [0.29, 0.717) is 18.1 Å². The highest BCUT2D eigenvalue weighted by Crippen LogP contribution is 2.14. The smallest absolute Gasteiger partial charge is 0.275 e. The van der Waals surface area contributed by atoms with Crippen LogP contribution in [0.5, 0.6) is 0 Å². The molecule has 0 aliphatic carbocycles. The van der Waals surface area contributed by atoms with Gasteiger partial charge in [0.15, 0.2) is 6.54 Å². The van der Waals surface area contributed by atoms with Crippen LogP contribution in [-0.4, -0.2) is 19.5 Å². The number of amides is 1. The number of hydrogen-bond donors (Lipinski definition) is 2. The molecule has 0 saturated heterocycles. The molecule has 0 aromatic heterocycles. The molecule has 0 fully saturated rings. The summed E-state index contributed by atoms with van der Waals surface area (Å²) >= 11 is 6.09. The SMILES string of the molecule is Cc1ccc(C[NH+](C)CC(=O)NCc2ccccc2Cl)c(C)c1. The summed E-state index contributed by atoms with van der Waals surface area (Å²) in [5.41, 5.74) is 4.77. The zero-order valence-electron chi connectivity index (χ0n) is 13.9. The molecule has 0 aliphatic rings. The Labute approximate surface area is 143 Å². The second kappa shape index (κ2) is 8.14. The first-order valence-corrected chi connectivity index (χ1v) is 8.21. The minimum absolute atomic E-state index is 0.0344. The van der Waals surface area contributed by atoms with E-state index in [2.05, 4.69) is 37.4 Å². The van der Waals surface area contributed by atoms with Gasteiger partial charge in [-0.2, -0.15) is 0 Å². The van der Waals surface area contributed by atoms with Crippen molar-refractivity contribution in [3.8, 4) is 0 Å². The van der Waals surface area contributed by atoms with E-state index < -0.39 is 0 Å². The zero-order valence-corrected chi connectivity index (χ0v) is 14.7. The monoisotopic (exact) mass is 331 g/mol. The Kier molecular flexibility index (Phi) is 6.20. The average molecular weight is 332 g/mol. The van der Waals surface area contributed by atoms with Crippen molar-refractivity contribution in [1.82, 2.24) is 5.32 Å². The molecule has 0 heterocycles. The van der Waals surface area contributed by atoms with Crippen molar-refractivity contribution in [1.29, 1.82) is 0 Å². The van der Waals surface area contributed by atoms with Gasteiger partial charge < -0.3 is 10.2 Å². The summed E-state index contributed by atoms with van der Waals surface area (Å²) in [6.07, 6.45) is 0. The van der Waals surface area contributed by atoms with Gasteiger partial charge >= 0.3 is 0 Å². The standard InChI is InChI=1S/C19H23ClN2O/c1-14-8-9-17(15(2)10-14)12-22(3)13-19(23)21-11-16-6-4-5-7-18(16)20/h4-10H,11-13H2,1-3H3,(H,21,23)/p+1. The molecule has 2 aromatic rings. The van der Waals surface area contributed by atoms with Crippen LogP contribution < -0.4 is 10.2 Å². The van der Waals surface area contributed by atoms with Gasteiger partial charge in [0.25, 0.3) is 5.91 Å². The first-order chi connectivity index (χ1) is 11.0. The van der Waals surface area contributed by atoms with Crippen molar-refractivity contribution in [2.24, 2.45) is 0 Å². The lowest BCUT2D eigenvalue weighted by Crippen LogP contribution is -3.08. The van der Waals surface area contributed by atoms with Gasteiger partial charge in [-0.1, -0.05) is 53.6 Å². The van der Waals surface area contributed by atoms with E-state index in [4.69, 9.17) is 11.6 Å². The van der Waals surface area contributed by atoms with Crippen LogP contribution in [-0.2, 0) is 17.9 Å². The van der Waals surface area contributed by atoms with Crippen LogP contribution >= 0.6 is 11.6 Å². The molecule has 1 unspecified atom stereocenters. The van der Waals surface area contributed by atoms with E-state index in [1.807, 2.05) is 31.3 Å². The van der Waals surface area contributed by atoms with E-state index >= 15 is 0 Å². The van der Waals surface area contributed by atoms with Crippen molar-refractivity contribution >= 4 is 17.5 Å². The van der Waals surface area contributed by atoms with Crippen LogP contribution in [0.15, 0.2) is 42.5 Å². The molecule has 23 heavy (non-hydrogen) atoms. The van der Waals surface area contributed by atoms with Gasteiger partial charge in [0, 0.05) is 17.1 Å². The molecule has 0 radical (unpaired) electrons. The lowest BCUT2D eigenvalue weighted by atomic mass is 10.1. The molecule has 4 heteroatoms. The van der Waals surface area contributed by atoms with Crippen molar-refractivity contribution < 1.29 is 9.69 Å². The van der Waals surface area contributed by atoms with Crippen molar-refractivity contribution in [2.75, 3.05) is 13.6 Å². The Morgan fingerprint density at radius 3 is 2.57 bits per heavy atom. The number of rotatable bonds is 6. The normalized spacial score (nSPS) is 12.0. The lowest BCUT2D eigenvalue weighted by molar-refractivity contribution is -0.885. The summed E-state index contributed by atoms with van der Waals surface area (Å²) in [5.74, 6) is 0.0344. The van der Waals surface area contributed by atoms with E-state index in [-0.39, 0.29) is 5.91 Å². The molecule has 0 aliphatic heterocycles. The summed E-state index contributed by atoms with van der Waals surface area (Å²) < 4.78 is 0. The molecule has 1 amide bonds. The largest absolute Gasteiger partial charge is 0.347 e. The predicted molar refractivity (Wildman–Crippen MR) is 94.7 cm³/mol. The second-order valence-corrected chi connectivity index (χ2v) is 6.52. The number of quaternary nitrogens is 1. The number of benzene rings is 2. The summed E-state index contributed by atoms with van der Waals surface area (Å²) in [7, 11) is 2.04. The van der Waals surface area contributed by atoms with E-state index in [9.17, 15) is 4.79 Å². The fourth-order valence-electron chi connectivity index (χ4n) is 2.60. The van der Waals surface area contributed by atoms with Gasteiger partial charge in [-0.25, -0.2) is 0 Å². The number of aryl methyl sites for hydroxylation is 2. The van der Waals surface area contributed by atoms with Crippen molar-refractivity contribution in [3.05, 3.63) is 69.7 Å². The number of hydrogen-bond acceptors (Lipinski definition) is 1. The number of halogens is 1. The maximum atomic E-state index is 12.1. The van der Waals surface area contributed by atoms with Crippen LogP contribution in [0.4, 0.5) is 0 Å². The molecule has 122 valence electrons. The third kappa shape index (κ3) is 5.38. The molecule has 0 spiro atoms. The quantitative estimate of drug-likeness (QED) is 0.836. The lowest BCUT2D eigenvalue weighted by Gasteiger charge is -2.16. The molecule has 2 N–H and O–H groups in total. The van der Waals surface area contributed by atoms with E-state index in [0.717, 1.165) is 17.0 Å². The average Bonchev–Trinajstić information content (AvgIpc) is 2.49. The van der Waals surface area contributed by atoms with Gasteiger partial charge in [0.05, 0.1) is 7.05 Å². The van der Waals surface area contributed by atoms with Gasteiger partial charge in [-0.15, -0.1) is 0 Å². The molecule has 1 atom stereocenters. The van der Waals surface area contributed by atoms with Crippen molar-refractivity contribution in [2.45, 2.75) is 26.9 Å². The van der Waals surface area contributed by atoms with Crippen LogP contribution in [0, 0.1) is 13.8 Å². The first kappa shape index (κ1) is 17.5. The molecular weight excluding hydrogens is 308 g/mol. The maximum absolute atomic E-state index is 12.1. The zero-order chi connectivity index (χ0) is 16.8. The van der Waals surface area contributed by atoms with E-state index in [1.54, 1.807) is 0 Å². The summed E-state index contributed by atoms with van der Waals surface area (Å²) in [6, 6.07) is 14.0. The number of nitrogens with one attached hydrogen (secondary N) is 2. The van der Waals surface area contributed by atoms with Gasteiger partial charge in [-0.05, 0) is 31.0 Å². The topological polar surface area (TPSA) is 33.5 Å². The van der Waals surface area contributed by atoms with Crippen molar-refractivity contribution in [3.63, 3.8) is 0 Å². The van der Waals surface area contributed by atoms with Crippen LogP contribution in [0.3, 0.4) is 0 Å². The number of carbonyl (C=O) groups is 1. The molecule has 2 aromatic carbocycles. The Hall–Kier alpha value is -1.84. The maximum Gasteiger partial charge on any atom is 0.275 e. The fraction of sp³-hybridized carbons (Fsp3) is 0.316. The molecular formula is C19H24ClN2O+. The Balaban J connectivity index is 1.84. The molecule has 0 bridgehead atoms. The fourth-order valence-corrected chi connectivity index (χ4v) is 2.81. The Morgan fingerprint density at radius 1 is 1.13 bits per heavy atom. The first-order valence-electron chi connectivity index (χ1n) is 7.83. The summed E-state index contributed by atoms with van der Waals surface area (Å²) in [4.78, 5) is 13.3. The van der Waals surface area contributed by atoms with Gasteiger partial charge in [0.1, 0.15) is 6.54 Å². The predicted octanol–water partition coefficient (Wildman–Crippen LogP) is 2.29. The second-order valence-electron chi connectivity index (χ2n) is 6.11. The Morgan fingerprint density at radius 2 is 1.87 bits per heavy atom. The summed E-state index contributed by atoms with van der Waals surface area (Å²) in [5, 5.41) is 3.62. The molecule has 3 nitrogen and oxygen atoms in total. The highest BCUT2D eigenvalue weighted by molar-refractivity contribution is 6.31.